The molecule has 6 aromatic rings. The first-order chi connectivity index (χ1) is 19.3. The second-order valence-electron chi connectivity index (χ2n) is 10.1. The van der Waals surface area contributed by atoms with Gasteiger partial charge in [0.05, 0.1) is 5.69 Å². The zero-order chi connectivity index (χ0) is 26.5. The molecule has 2 heteroatoms. The number of nitrogens with zero attached hydrogens (tertiary/aromatic N) is 1. The Morgan fingerprint density at radius 2 is 0.897 bits per heavy atom. The minimum atomic E-state index is -0.582. The lowest BCUT2D eigenvalue weighted by atomic mass is 9.69. The Balaban J connectivity index is 1.54. The van der Waals surface area contributed by atoms with Crippen molar-refractivity contribution in [1.82, 2.24) is 9.97 Å². The highest BCUT2D eigenvalue weighted by molar-refractivity contribution is 5.57. The lowest BCUT2D eigenvalue weighted by molar-refractivity contribution is 0.685. The Morgan fingerprint density at radius 1 is 0.538 bits per heavy atom. The number of rotatable bonds is 8. The highest BCUT2D eigenvalue weighted by Gasteiger charge is 2.41. The van der Waals surface area contributed by atoms with E-state index in [4.69, 9.17) is 4.98 Å². The first kappa shape index (κ1) is 24.6. The molecule has 0 bridgehead atoms. The molecular weight excluding hydrogens is 472 g/mol. The molecular formula is C37H32N2. The van der Waals surface area contributed by atoms with Gasteiger partial charge < -0.3 is 4.98 Å². The third kappa shape index (κ3) is 4.70. The molecule has 0 aliphatic heterocycles. The van der Waals surface area contributed by atoms with E-state index < -0.39 is 5.41 Å². The maximum absolute atomic E-state index is 5.45. The van der Waals surface area contributed by atoms with Gasteiger partial charge in [-0.2, -0.15) is 0 Å². The van der Waals surface area contributed by atoms with E-state index in [-0.39, 0.29) is 5.92 Å². The summed E-state index contributed by atoms with van der Waals surface area (Å²) in [5.41, 5.74) is 7.77. The zero-order valence-corrected chi connectivity index (χ0v) is 22.2. The maximum Gasteiger partial charge on any atom is 0.126 e. The summed E-state index contributed by atoms with van der Waals surface area (Å²) in [6.07, 6.45) is 0.810. The van der Waals surface area contributed by atoms with Crippen molar-refractivity contribution < 1.29 is 0 Å². The SMILES string of the molecule is Cc1[nH]c(C(c2ccccc2)(c2ccccc2)c2ccccc2)nc1CC(c1ccccc1)c1ccccc1. The van der Waals surface area contributed by atoms with Gasteiger partial charge in [0.25, 0.3) is 0 Å². The maximum atomic E-state index is 5.45. The fraction of sp³-hybridized carbons (Fsp3) is 0.108. The third-order valence-electron chi connectivity index (χ3n) is 7.76. The number of aromatic amines is 1. The van der Waals surface area contributed by atoms with E-state index in [0.717, 1.165) is 23.6 Å². The molecule has 39 heavy (non-hydrogen) atoms. The molecule has 0 fully saturated rings. The summed E-state index contributed by atoms with van der Waals surface area (Å²) in [5, 5.41) is 0. The smallest absolute Gasteiger partial charge is 0.126 e. The number of hydrogen-bond donors (Lipinski definition) is 1. The number of nitrogens with one attached hydrogen (secondary N) is 1. The van der Waals surface area contributed by atoms with Crippen LogP contribution in [0.3, 0.4) is 0 Å². The van der Waals surface area contributed by atoms with Crippen molar-refractivity contribution >= 4 is 0 Å². The average Bonchev–Trinajstić information content (AvgIpc) is 3.38. The Bertz CT molecular complexity index is 1470. The van der Waals surface area contributed by atoms with Crippen molar-refractivity contribution in [1.29, 1.82) is 0 Å². The minimum Gasteiger partial charge on any atom is -0.345 e. The van der Waals surface area contributed by atoms with E-state index in [1.54, 1.807) is 0 Å². The fourth-order valence-electron chi connectivity index (χ4n) is 5.84. The van der Waals surface area contributed by atoms with Gasteiger partial charge in [-0.3, -0.25) is 0 Å². The minimum absolute atomic E-state index is 0.210. The van der Waals surface area contributed by atoms with E-state index in [9.17, 15) is 0 Å². The predicted octanol–water partition coefficient (Wildman–Crippen LogP) is 8.48. The van der Waals surface area contributed by atoms with Gasteiger partial charge in [-0.15, -0.1) is 0 Å². The van der Waals surface area contributed by atoms with Gasteiger partial charge in [-0.25, -0.2) is 4.98 Å². The van der Waals surface area contributed by atoms with Crippen LogP contribution in [0.2, 0.25) is 0 Å². The summed E-state index contributed by atoms with van der Waals surface area (Å²) in [7, 11) is 0. The lowest BCUT2D eigenvalue weighted by Gasteiger charge is -2.34. The molecule has 2 nitrogen and oxygen atoms in total. The number of H-pyrrole nitrogens is 1. The first-order valence-electron chi connectivity index (χ1n) is 13.6. The molecule has 0 aliphatic carbocycles. The van der Waals surface area contributed by atoms with E-state index in [2.05, 4.69) is 164 Å². The van der Waals surface area contributed by atoms with Gasteiger partial charge in [0.1, 0.15) is 11.2 Å². The molecule has 0 saturated carbocycles. The van der Waals surface area contributed by atoms with Crippen LogP contribution in [0.4, 0.5) is 0 Å². The molecule has 190 valence electrons. The summed E-state index contributed by atoms with van der Waals surface area (Å²) in [6.45, 7) is 2.16. The van der Waals surface area contributed by atoms with Crippen molar-refractivity contribution in [3.05, 3.63) is 197 Å². The van der Waals surface area contributed by atoms with Gasteiger partial charge >= 0.3 is 0 Å². The summed E-state index contributed by atoms with van der Waals surface area (Å²) < 4.78 is 0. The van der Waals surface area contributed by atoms with Crippen LogP contribution in [0.15, 0.2) is 152 Å². The van der Waals surface area contributed by atoms with Crippen LogP contribution in [-0.2, 0) is 11.8 Å². The predicted molar refractivity (Wildman–Crippen MR) is 160 cm³/mol. The molecule has 0 atom stereocenters. The number of aryl methyl sites for hydroxylation is 1. The van der Waals surface area contributed by atoms with Crippen LogP contribution in [-0.4, -0.2) is 9.97 Å². The topological polar surface area (TPSA) is 28.7 Å². The highest BCUT2D eigenvalue weighted by atomic mass is 15.0. The summed E-state index contributed by atoms with van der Waals surface area (Å²) >= 11 is 0. The molecule has 0 saturated heterocycles. The molecule has 1 N–H and O–H groups in total. The molecule has 0 unspecified atom stereocenters. The zero-order valence-electron chi connectivity index (χ0n) is 22.2. The standard InChI is InChI=1S/C37H32N2/c1-28-35(27-34(29-17-7-2-8-18-29)30-19-9-3-10-20-30)39-36(38-28)37(31-21-11-4-12-22-31,32-23-13-5-14-24-32)33-25-15-6-16-26-33/h2-26,34H,27H2,1H3,(H,38,39). The molecule has 1 aromatic heterocycles. The summed E-state index contributed by atoms with van der Waals surface area (Å²) in [4.78, 5) is 9.22. The molecule has 1 heterocycles. The Kier molecular flexibility index (Phi) is 6.93. The summed E-state index contributed by atoms with van der Waals surface area (Å²) in [5.74, 6) is 1.15. The van der Waals surface area contributed by atoms with Crippen molar-refractivity contribution in [3.8, 4) is 0 Å². The average molecular weight is 505 g/mol. The Hall–Kier alpha value is -4.69. The van der Waals surface area contributed by atoms with Crippen molar-refractivity contribution in [2.24, 2.45) is 0 Å². The van der Waals surface area contributed by atoms with Crippen LogP contribution in [0.5, 0.6) is 0 Å². The molecule has 0 radical (unpaired) electrons. The molecule has 6 rings (SSSR count). The largest absolute Gasteiger partial charge is 0.345 e. The van der Waals surface area contributed by atoms with Gasteiger partial charge in [0.2, 0.25) is 0 Å². The van der Waals surface area contributed by atoms with Crippen LogP contribution in [0.25, 0.3) is 0 Å². The van der Waals surface area contributed by atoms with Crippen LogP contribution in [0, 0.1) is 6.92 Å². The van der Waals surface area contributed by atoms with Crippen LogP contribution < -0.4 is 0 Å². The van der Waals surface area contributed by atoms with E-state index >= 15 is 0 Å². The lowest BCUT2D eigenvalue weighted by Crippen LogP contribution is -2.32. The van der Waals surface area contributed by atoms with E-state index in [1.807, 2.05) is 0 Å². The number of aromatic nitrogens is 2. The van der Waals surface area contributed by atoms with Crippen molar-refractivity contribution in [2.75, 3.05) is 0 Å². The summed E-state index contributed by atoms with van der Waals surface area (Å²) in [6, 6.07) is 53.8. The van der Waals surface area contributed by atoms with E-state index in [0.29, 0.717) is 0 Å². The Morgan fingerprint density at radius 3 is 1.28 bits per heavy atom. The first-order valence-corrected chi connectivity index (χ1v) is 13.6. The van der Waals surface area contributed by atoms with Gasteiger partial charge in [-0.05, 0) is 34.7 Å². The van der Waals surface area contributed by atoms with Crippen molar-refractivity contribution in [2.45, 2.75) is 24.7 Å². The second-order valence-corrected chi connectivity index (χ2v) is 10.1. The normalized spacial score (nSPS) is 11.5. The molecule has 0 spiro atoms. The van der Waals surface area contributed by atoms with Crippen LogP contribution >= 0.6 is 0 Å². The Labute approximate surface area is 231 Å². The molecule has 5 aromatic carbocycles. The number of hydrogen-bond acceptors (Lipinski definition) is 1. The van der Waals surface area contributed by atoms with Gasteiger partial charge in [0, 0.05) is 18.0 Å². The highest BCUT2D eigenvalue weighted by Crippen LogP contribution is 2.44. The third-order valence-corrected chi connectivity index (χ3v) is 7.76. The second kappa shape index (κ2) is 11.0. The van der Waals surface area contributed by atoms with Gasteiger partial charge in [-0.1, -0.05) is 152 Å². The van der Waals surface area contributed by atoms with Crippen LogP contribution in [0.1, 0.15) is 50.9 Å². The van der Waals surface area contributed by atoms with E-state index in [1.165, 1.54) is 27.8 Å². The molecule has 0 aliphatic rings. The fourth-order valence-corrected chi connectivity index (χ4v) is 5.84. The quantitative estimate of drug-likeness (QED) is 0.207. The van der Waals surface area contributed by atoms with Gasteiger partial charge in [0.15, 0.2) is 0 Å². The monoisotopic (exact) mass is 504 g/mol. The van der Waals surface area contributed by atoms with Crippen molar-refractivity contribution in [3.63, 3.8) is 0 Å². The number of imidazole rings is 1. The number of benzene rings is 5. The molecule has 0 amide bonds.